The SMILES string of the molecule is O[C@@H]1CCCN(Cc2cnc(Cl)nc2Cl)C1. The third-order valence-corrected chi connectivity index (χ3v) is 3.17. The lowest BCUT2D eigenvalue weighted by atomic mass is 10.1. The van der Waals surface area contributed by atoms with E-state index in [0.29, 0.717) is 18.2 Å². The van der Waals surface area contributed by atoms with Gasteiger partial charge in [0, 0.05) is 24.8 Å². The largest absolute Gasteiger partial charge is 0.392 e. The lowest BCUT2D eigenvalue weighted by molar-refractivity contribution is 0.0667. The summed E-state index contributed by atoms with van der Waals surface area (Å²) in [5, 5.41) is 10.1. The predicted octanol–water partition coefficient (Wildman–Crippen LogP) is 1.74. The Morgan fingerprint density at radius 3 is 3.00 bits per heavy atom. The van der Waals surface area contributed by atoms with Gasteiger partial charge in [0.15, 0.2) is 0 Å². The van der Waals surface area contributed by atoms with Crippen molar-refractivity contribution in [3.05, 3.63) is 22.2 Å². The summed E-state index contributed by atoms with van der Waals surface area (Å²) in [4.78, 5) is 9.94. The molecule has 6 heteroatoms. The first kappa shape index (κ1) is 12.0. The summed E-state index contributed by atoms with van der Waals surface area (Å²) in [7, 11) is 0. The number of aliphatic hydroxyl groups excluding tert-OH is 1. The average Bonchev–Trinajstić information content (AvgIpc) is 2.22. The van der Waals surface area contributed by atoms with Crippen molar-refractivity contribution in [3.63, 3.8) is 0 Å². The van der Waals surface area contributed by atoms with E-state index in [1.54, 1.807) is 6.20 Å². The number of nitrogens with zero attached hydrogens (tertiary/aromatic N) is 3. The number of rotatable bonds is 2. The Morgan fingerprint density at radius 2 is 2.31 bits per heavy atom. The van der Waals surface area contributed by atoms with Gasteiger partial charge in [0.1, 0.15) is 5.15 Å². The molecule has 1 aromatic heterocycles. The van der Waals surface area contributed by atoms with Crippen LogP contribution in [0.3, 0.4) is 0 Å². The Labute approximate surface area is 104 Å². The van der Waals surface area contributed by atoms with Crippen LogP contribution in [0.4, 0.5) is 0 Å². The maximum atomic E-state index is 9.54. The summed E-state index contributed by atoms with van der Waals surface area (Å²) in [6.45, 7) is 2.31. The van der Waals surface area contributed by atoms with E-state index < -0.39 is 0 Å². The minimum absolute atomic E-state index is 0.160. The van der Waals surface area contributed by atoms with Crippen molar-refractivity contribution in [3.8, 4) is 0 Å². The van der Waals surface area contributed by atoms with E-state index in [2.05, 4.69) is 14.9 Å². The van der Waals surface area contributed by atoms with Gasteiger partial charge in [-0.15, -0.1) is 0 Å². The molecule has 1 N–H and O–H groups in total. The molecule has 1 aromatic rings. The number of likely N-dealkylation sites (tertiary alicyclic amines) is 1. The van der Waals surface area contributed by atoms with E-state index in [1.807, 2.05) is 0 Å². The fraction of sp³-hybridized carbons (Fsp3) is 0.600. The van der Waals surface area contributed by atoms with Crippen LogP contribution in [0.5, 0.6) is 0 Å². The number of halogens is 2. The molecule has 4 nitrogen and oxygen atoms in total. The topological polar surface area (TPSA) is 49.2 Å². The summed E-state index contributed by atoms with van der Waals surface area (Å²) in [5.41, 5.74) is 0.847. The number of β-amino-alcohol motifs (C(OH)–C–C–N with tert-alkyl or cyclic N) is 1. The van der Waals surface area contributed by atoms with Crippen LogP contribution in [0.25, 0.3) is 0 Å². The van der Waals surface area contributed by atoms with Crippen molar-refractivity contribution in [1.82, 2.24) is 14.9 Å². The lowest BCUT2D eigenvalue weighted by Crippen LogP contribution is -2.37. The van der Waals surface area contributed by atoms with Gasteiger partial charge in [-0.2, -0.15) is 0 Å². The minimum atomic E-state index is -0.235. The van der Waals surface area contributed by atoms with Gasteiger partial charge in [0.05, 0.1) is 6.10 Å². The lowest BCUT2D eigenvalue weighted by Gasteiger charge is -2.29. The van der Waals surface area contributed by atoms with Crippen LogP contribution < -0.4 is 0 Å². The number of aromatic nitrogens is 2. The number of aliphatic hydroxyl groups is 1. The Balaban J connectivity index is 2.02. The van der Waals surface area contributed by atoms with Crippen molar-refractivity contribution in [2.24, 2.45) is 0 Å². The highest BCUT2D eigenvalue weighted by Crippen LogP contribution is 2.18. The molecule has 1 fully saturated rings. The molecule has 2 rings (SSSR count). The highest BCUT2D eigenvalue weighted by atomic mass is 35.5. The van der Waals surface area contributed by atoms with E-state index in [0.717, 1.165) is 24.9 Å². The van der Waals surface area contributed by atoms with Crippen LogP contribution >= 0.6 is 23.2 Å². The molecule has 1 saturated heterocycles. The first-order valence-corrected chi connectivity index (χ1v) is 5.98. The van der Waals surface area contributed by atoms with Crippen LogP contribution in [0.1, 0.15) is 18.4 Å². The third-order valence-electron chi connectivity index (χ3n) is 2.66. The monoisotopic (exact) mass is 261 g/mol. The zero-order valence-electron chi connectivity index (χ0n) is 8.74. The molecule has 0 unspecified atom stereocenters. The Hall–Kier alpha value is -0.420. The second-order valence-corrected chi connectivity index (χ2v) is 4.68. The highest BCUT2D eigenvalue weighted by Gasteiger charge is 2.18. The molecular weight excluding hydrogens is 249 g/mol. The smallest absolute Gasteiger partial charge is 0.223 e. The van der Waals surface area contributed by atoms with E-state index >= 15 is 0 Å². The van der Waals surface area contributed by atoms with Crippen molar-refractivity contribution in [2.45, 2.75) is 25.5 Å². The fourth-order valence-electron chi connectivity index (χ4n) is 1.89. The minimum Gasteiger partial charge on any atom is -0.392 e. The van der Waals surface area contributed by atoms with Crippen molar-refractivity contribution in [2.75, 3.05) is 13.1 Å². The summed E-state index contributed by atoms with van der Waals surface area (Å²) in [5.74, 6) is 0. The quantitative estimate of drug-likeness (QED) is 0.651. The molecule has 1 atom stereocenters. The molecule has 0 radical (unpaired) electrons. The van der Waals surface area contributed by atoms with Crippen LogP contribution in [0, 0.1) is 0 Å². The van der Waals surface area contributed by atoms with E-state index in [-0.39, 0.29) is 11.4 Å². The van der Waals surface area contributed by atoms with Crippen LogP contribution in [0.15, 0.2) is 6.20 Å². The van der Waals surface area contributed by atoms with Gasteiger partial charge in [-0.3, -0.25) is 4.90 Å². The van der Waals surface area contributed by atoms with Gasteiger partial charge in [-0.25, -0.2) is 9.97 Å². The zero-order valence-corrected chi connectivity index (χ0v) is 10.2. The fourth-order valence-corrected chi connectivity index (χ4v) is 2.25. The molecule has 0 spiro atoms. The summed E-state index contributed by atoms with van der Waals surface area (Å²) < 4.78 is 0. The van der Waals surface area contributed by atoms with Crippen LogP contribution in [0.2, 0.25) is 10.4 Å². The first-order chi connectivity index (χ1) is 7.65. The molecular formula is C10H13Cl2N3O. The first-order valence-electron chi connectivity index (χ1n) is 5.22. The molecule has 0 saturated carbocycles. The van der Waals surface area contributed by atoms with E-state index in [4.69, 9.17) is 23.2 Å². The summed E-state index contributed by atoms with van der Waals surface area (Å²) in [6.07, 6.45) is 3.29. The normalized spacial score (nSPS) is 22.3. The number of hydrogen-bond acceptors (Lipinski definition) is 4. The molecule has 0 bridgehead atoms. The average molecular weight is 262 g/mol. The summed E-state index contributed by atoms with van der Waals surface area (Å²) in [6, 6.07) is 0. The maximum Gasteiger partial charge on any atom is 0.223 e. The molecule has 16 heavy (non-hydrogen) atoms. The Morgan fingerprint density at radius 1 is 1.50 bits per heavy atom. The molecule has 0 aromatic carbocycles. The molecule has 88 valence electrons. The zero-order chi connectivity index (χ0) is 11.5. The number of hydrogen-bond donors (Lipinski definition) is 1. The maximum absolute atomic E-state index is 9.54. The second-order valence-electron chi connectivity index (χ2n) is 3.99. The second kappa shape index (κ2) is 5.27. The van der Waals surface area contributed by atoms with Gasteiger partial charge >= 0.3 is 0 Å². The molecule has 0 amide bonds. The molecule has 1 aliphatic rings. The van der Waals surface area contributed by atoms with Crippen molar-refractivity contribution < 1.29 is 5.11 Å². The predicted molar refractivity (Wildman–Crippen MR) is 62.6 cm³/mol. The third kappa shape index (κ3) is 3.04. The summed E-state index contributed by atoms with van der Waals surface area (Å²) >= 11 is 11.6. The van der Waals surface area contributed by atoms with Gasteiger partial charge in [-0.1, -0.05) is 11.6 Å². The molecule has 0 aliphatic carbocycles. The van der Waals surface area contributed by atoms with Gasteiger partial charge < -0.3 is 5.11 Å². The standard InChI is InChI=1S/C10H13Cl2N3O/c11-9-7(4-13-10(12)14-9)5-15-3-1-2-8(16)6-15/h4,8,16H,1-3,5-6H2/t8-/m1/s1. The molecule has 2 heterocycles. The Bertz CT molecular complexity index is 375. The van der Waals surface area contributed by atoms with E-state index in [1.165, 1.54) is 0 Å². The Kier molecular flexibility index (Phi) is 3.97. The van der Waals surface area contributed by atoms with Gasteiger partial charge in [0.2, 0.25) is 5.28 Å². The highest BCUT2D eigenvalue weighted by molar-refractivity contribution is 6.32. The number of piperidine rings is 1. The van der Waals surface area contributed by atoms with Gasteiger partial charge in [0.25, 0.3) is 0 Å². The van der Waals surface area contributed by atoms with Crippen molar-refractivity contribution >= 4 is 23.2 Å². The molecule has 1 aliphatic heterocycles. The van der Waals surface area contributed by atoms with Crippen LogP contribution in [-0.2, 0) is 6.54 Å². The van der Waals surface area contributed by atoms with Gasteiger partial charge in [-0.05, 0) is 31.0 Å². The van der Waals surface area contributed by atoms with Crippen LogP contribution in [-0.4, -0.2) is 39.2 Å². The van der Waals surface area contributed by atoms with Crippen molar-refractivity contribution in [1.29, 1.82) is 0 Å². The van der Waals surface area contributed by atoms with E-state index in [9.17, 15) is 5.11 Å².